The van der Waals surface area contributed by atoms with Crippen LogP contribution in [0.3, 0.4) is 0 Å². The largest absolute Gasteiger partial charge is 0.496 e. The lowest BCUT2D eigenvalue weighted by atomic mass is 9.86. The summed E-state index contributed by atoms with van der Waals surface area (Å²) >= 11 is 0. The number of nitrogens with zero attached hydrogens (tertiary/aromatic N) is 4. The van der Waals surface area contributed by atoms with Gasteiger partial charge in [0.05, 0.1) is 29.9 Å². The number of nitriles is 1. The summed E-state index contributed by atoms with van der Waals surface area (Å²) in [4.78, 5) is 21.5. The van der Waals surface area contributed by atoms with E-state index in [4.69, 9.17) is 4.74 Å². The highest BCUT2D eigenvalue weighted by Gasteiger charge is 2.36. The molecular formula is C27H24F3N5O2. The van der Waals surface area contributed by atoms with Gasteiger partial charge in [0, 0.05) is 24.0 Å². The Labute approximate surface area is 212 Å². The van der Waals surface area contributed by atoms with E-state index in [2.05, 4.69) is 21.4 Å². The van der Waals surface area contributed by atoms with Crippen LogP contribution in [0.2, 0.25) is 0 Å². The van der Waals surface area contributed by atoms with E-state index < -0.39 is 18.1 Å². The first-order chi connectivity index (χ1) is 17.5. The van der Waals surface area contributed by atoms with Gasteiger partial charge < -0.3 is 15.0 Å². The first-order valence-corrected chi connectivity index (χ1v) is 11.4. The SMILES string of the molecule is COc1cc(-c2ccnc(Nc3cccc(C(C)(C)C#N)c3)n2)cc2c1C(=C=O)N(CC(F)(F)F)CC2. The maximum Gasteiger partial charge on any atom is 0.405 e. The second-order valence-electron chi connectivity index (χ2n) is 9.16. The van der Waals surface area contributed by atoms with Crippen molar-refractivity contribution in [2.45, 2.75) is 31.9 Å². The van der Waals surface area contributed by atoms with Crippen LogP contribution in [0, 0.1) is 11.3 Å². The van der Waals surface area contributed by atoms with Gasteiger partial charge in [-0.3, -0.25) is 0 Å². The molecule has 10 heteroatoms. The predicted molar refractivity (Wildman–Crippen MR) is 133 cm³/mol. The number of fused-ring (bicyclic) bond motifs is 1. The number of nitrogens with one attached hydrogen (secondary N) is 1. The minimum absolute atomic E-state index is 0.0235. The lowest BCUT2D eigenvalue weighted by Gasteiger charge is -2.32. The van der Waals surface area contributed by atoms with Crippen molar-refractivity contribution in [2.75, 3.05) is 25.5 Å². The lowest BCUT2D eigenvalue weighted by Crippen LogP contribution is -2.37. The van der Waals surface area contributed by atoms with E-state index in [1.165, 1.54) is 7.11 Å². The fourth-order valence-corrected chi connectivity index (χ4v) is 4.22. The zero-order chi connectivity index (χ0) is 26.8. The van der Waals surface area contributed by atoms with Crippen molar-refractivity contribution in [3.63, 3.8) is 0 Å². The van der Waals surface area contributed by atoms with E-state index in [-0.39, 0.29) is 18.0 Å². The Bertz CT molecular complexity index is 1410. The van der Waals surface area contributed by atoms with Gasteiger partial charge in [0.25, 0.3) is 0 Å². The number of carbonyl (C=O) groups excluding carboxylic acids is 1. The summed E-state index contributed by atoms with van der Waals surface area (Å²) < 4.78 is 44.6. The monoisotopic (exact) mass is 507 g/mol. The third-order valence-corrected chi connectivity index (χ3v) is 6.15. The number of alkyl halides is 3. The molecule has 0 saturated carbocycles. The molecule has 1 N–H and O–H groups in total. The average Bonchev–Trinajstić information content (AvgIpc) is 2.87. The van der Waals surface area contributed by atoms with Crippen molar-refractivity contribution in [1.82, 2.24) is 14.9 Å². The van der Waals surface area contributed by atoms with Gasteiger partial charge in [-0.1, -0.05) is 12.1 Å². The Balaban J connectivity index is 1.67. The summed E-state index contributed by atoms with van der Waals surface area (Å²) in [6, 6.07) is 14.8. The molecule has 190 valence electrons. The molecule has 0 radical (unpaired) electrons. The number of rotatable bonds is 6. The second kappa shape index (κ2) is 9.96. The molecule has 0 spiro atoms. The molecule has 1 aromatic heterocycles. The maximum atomic E-state index is 13.0. The Morgan fingerprint density at radius 1 is 1.19 bits per heavy atom. The van der Waals surface area contributed by atoms with Gasteiger partial charge in [-0.2, -0.15) is 18.4 Å². The standard InChI is InChI=1S/C27H24F3N5O2/c1-26(2,15-31)19-5-4-6-20(13-19)33-25-32-9-7-21(34-25)18-11-17-8-10-35(16-27(28,29)30)22(14-36)24(17)23(12-18)37-3/h4-7,9,11-13H,8,10,16H2,1-3H3,(H,32,33,34). The van der Waals surface area contributed by atoms with Crippen molar-refractivity contribution in [3.05, 3.63) is 65.4 Å². The molecule has 2 aromatic carbocycles. The third-order valence-electron chi connectivity index (χ3n) is 6.15. The minimum atomic E-state index is -4.46. The van der Waals surface area contributed by atoms with Crippen LogP contribution < -0.4 is 10.1 Å². The molecule has 1 aliphatic heterocycles. The van der Waals surface area contributed by atoms with Crippen LogP contribution in [0.4, 0.5) is 24.8 Å². The molecule has 2 heterocycles. The summed E-state index contributed by atoms with van der Waals surface area (Å²) in [7, 11) is 1.40. The van der Waals surface area contributed by atoms with Gasteiger partial charge in [0.1, 0.15) is 18.0 Å². The first-order valence-electron chi connectivity index (χ1n) is 11.4. The number of ether oxygens (including phenoxy) is 1. The molecule has 0 amide bonds. The first kappa shape index (κ1) is 25.7. The number of aromatic nitrogens is 2. The van der Waals surface area contributed by atoms with Crippen molar-refractivity contribution >= 4 is 23.3 Å². The molecule has 1 aliphatic rings. The molecule has 4 rings (SSSR count). The predicted octanol–water partition coefficient (Wildman–Crippen LogP) is 5.29. The molecular weight excluding hydrogens is 483 g/mol. The van der Waals surface area contributed by atoms with E-state index in [9.17, 15) is 23.2 Å². The number of benzene rings is 2. The Kier molecular flexibility index (Phi) is 6.92. The van der Waals surface area contributed by atoms with E-state index >= 15 is 0 Å². The normalized spacial score (nSPS) is 13.4. The smallest absolute Gasteiger partial charge is 0.405 e. The summed E-state index contributed by atoms with van der Waals surface area (Å²) in [5, 5.41) is 12.6. The summed E-state index contributed by atoms with van der Waals surface area (Å²) in [6.45, 7) is 2.45. The molecule has 7 nitrogen and oxygen atoms in total. The lowest BCUT2D eigenvalue weighted by molar-refractivity contribution is -0.139. The van der Waals surface area contributed by atoms with E-state index in [0.717, 1.165) is 10.5 Å². The number of hydrogen-bond acceptors (Lipinski definition) is 7. The Morgan fingerprint density at radius 2 is 1.97 bits per heavy atom. The molecule has 0 fully saturated rings. The zero-order valence-electron chi connectivity index (χ0n) is 20.5. The minimum Gasteiger partial charge on any atom is -0.496 e. The van der Waals surface area contributed by atoms with Crippen LogP contribution in [0.15, 0.2) is 48.7 Å². The molecule has 0 unspecified atom stereocenters. The summed E-state index contributed by atoms with van der Waals surface area (Å²) in [5.41, 5.74) is 2.92. The van der Waals surface area contributed by atoms with Crippen molar-refractivity contribution < 1.29 is 22.7 Å². The van der Waals surface area contributed by atoms with Gasteiger partial charge in [0.2, 0.25) is 5.95 Å². The fourth-order valence-electron chi connectivity index (χ4n) is 4.22. The van der Waals surface area contributed by atoms with Crippen molar-refractivity contribution in [3.8, 4) is 23.1 Å². The summed E-state index contributed by atoms with van der Waals surface area (Å²) in [5.74, 6) is 2.27. The number of halogens is 3. The molecule has 3 aromatic rings. The highest BCUT2D eigenvalue weighted by Crippen LogP contribution is 2.39. The highest BCUT2D eigenvalue weighted by atomic mass is 19.4. The van der Waals surface area contributed by atoms with Crippen LogP contribution in [0.25, 0.3) is 17.0 Å². The van der Waals surface area contributed by atoms with Crippen LogP contribution >= 0.6 is 0 Å². The van der Waals surface area contributed by atoms with Crippen molar-refractivity contribution in [2.24, 2.45) is 0 Å². The number of hydrogen-bond donors (Lipinski definition) is 1. The second-order valence-corrected chi connectivity index (χ2v) is 9.16. The van der Waals surface area contributed by atoms with Gasteiger partial charge in [0.15, 0.2) is 5.94 Å². The quantitative estimate of drug-likeness (QED) is 0.454. The molecule has 0 atom stereocenters. The molecule has 0 aliphatic carbocycles. The van der Waals surface area contributed by atoms with Crippen LogP contribution in [-0.2, 0) is 16.6 Å². The maximum absolute atomic E-state index is 13.0. The topological polar surface area (TPSA) is 91.1 Å². The average molecular weight is 508 g/mol. The fraction of sp³-hybridized carbons (Fsp3) is 0.296. The van der Waals surface area contributed by atoms with Crippen LogP contribution in [0.5, 0.6) is 5.75 Å². The van der Waals surface area contributed by atoms with E-state index in [1.54, 1.807) is 30.3 Å². The van der Waals surface area contributed by atoms with Gasteiger partial charge in [-0.25, -0.2) is 14.8 Å². The van der Waals surface area contributed by atoms with Crippen molar-refractivity contribution in [1.29, 1.82) is 5.26 Å². The Morgan fingerprint density at radius 3 is 2.65 bits per heavy atom. The number of methoxy groups -OCH3 is 1. The molecule has 37 heavy (non-hydrogen) atoms. The van der Waals surface area contributed by atoms with E-state index in [0.29, 0.717) is 40.4 Å². The summed E-state index contributed by atoms with van der Waals surface area (Å²) in [6.07, 6.45) is -2.58. The van der Waals surface area contributed by atoms with Gasteiger partial charge in [-0.05, 0) is 61.7 Å². The number of anilines is 2. The Hall–Kier alpha value is -4.35. The van der Waals surface area contributed by atoms with Gasteiger partial charge >= 0.3 is 6.18 Å². The highest BCUT2D eigenvalue weighted by molar-refractivity contribution is 5.91. The molecule has 0 saturated heterocycles. The zero-order valence-corrected chi connectivity index (χ0v) is 20.5. The van der Waals surface area contributed by atoms with E-state index in [1.807, 2.05) is 38.1 Å². The van der Waals surface area contributed by atoms with Crippen LogP contribution in [0.1, 0.15) is 30.5 Å². The molecule has 0 bridgehead atoms. The third kappa shape index (κ3) is 5.57. The van der Waals surface area contributed by atoms with Gasteiger partial charge in [-0.15, -0.1) is 0 Å². The van der Waals surface area contributed by atoms with Crippen LogP contribution in [-0.4, -0.2) is 47.2 Å².